The van der Waals surface area contributed by atoms with Crippen molar-refractivity contribution in [3.8, 4) is 0 Å². The molecule has 1 fully saturated rings. The number of likely N-dealkylation sites (N-methyl/N-ethyl adjacent to an activating group) is 1. The van der Waals surface area contributed by atoms with Gasteiger partial charge in [0.2, 0.25) is 0 Å². The number of pyridine rings is 1. The number of nitrogens with one attached hydrogen (secondary N) is 1. The maximum Gasteiger partial charge on any atom is 0.0558 e. The molecule has 4 heteroatoms. The molecule has 1 aromatic heterocycles. The second-order valence-electron chi connectivity index (χ2n) is 4.18. The van der Waals surface area contributed by atoms with Crippen LogP contribution in [0.5, 0.6) is 0 Å². The highest BCUT2D eigenvalue weighted by molar-refractivity contribution is 6.30. The van der Waals surface area contributed by atoms with Gasteiger partial charge in [-0.1, -0.05) is 18.5 Å². The number of halogens is 1. The highest BCUT2D eigenvalue weighted by Crippen LogP contribution is 2.14. The van der Waals surface area contributed by atoms with Gasteiger partial charge in [-0.2, -0.15) is 0 Å². The van der Waals surface area contributed by atoms with Crippen molar-refractivity contribution < 1.29 is 0 Å². The van der Waals surface area contributed by atoms with Crippen molar-refractivity contribution in [1.82, 2.24) is 15.2 Å². The first-order valence-corrected chi connectivity index (χ1v) is 6.22. The van der Waals surface area contributed by atoms with Crippen molar-refractivity contribution >= 4 is 11.6 Å². The topological polar surface area (TPSA) is 28.2 Å². The minimum absolute atomic E-state index is 0.644. The maximum atomic E-state index is 5.96. The zero-order chi connectivity index (χ0) is 11.4. The van der Waals surface area contributed by atoms with Gasteiger partial charge in [0.05, 0.1) is 5.69 Å². The molecule has 0 amide bonds. The predicted octanol–water partition coefficient (Wildman–Crippen LogP) is 1.92. The lowest BCUT2D eigenvalue weighted by molar-refractivity contribution is 0.208. The largest absolute Gasteiger partial charge is 0.315 e. The molecular formula is C12H18ClN3. The average Bonchev–Trinajstić information content (AvgIpc) is 2.79. The summed E-state index contributed by atoms with van der Waals surface area (Å²) in [5.74, 6) is 0. The summed E-state index contributed by atoms with van der Waals surface area (Å²) in [6.07, 6.45) is 3.01. The van der Waals surface area contributed by atoms with Gasteiger partial charge >= 0.3 is 0 Å². The molecule has 1 saturated heterocycles. The monoisotopic (exact) mass is 239 g/mol. The Morgan fingerprint density at radius 3 is 3.12 bits per heavy atom. The van der Waals surface area contributed by atoms with Gasteiger partial charge in [-0.05, 0) is 31.6 Å². The van der Waals surface area contributed by atoms with Crippen molar-refractivity contribution in [1.29, 1.82) is 0 Å². The van der Waals surface area contributed by atoms with Crippen LogP contribution in [0.4, 0.5) is 0 Å². The van der Waals surface area contributed by atoms with Crippen molar-refractivity contribution in [2.75, 3.05) is 19.6 Å². The third-order valence-corrected chi connectivity index (χ3v) is 3.34. The van der Waals surface area contributed by atoms with Crippen molar-refractivity contribution in [3.05, 3.63) is 29.0 Å². The summed E-state index contributed by atoms with van der Waals surface area (Å²) in [5.41, 5.74) is 1.06. The zero-order valence-corrected chi connectivity index (χ0v) is 10.4. The van der Waals surface area contributed by atoms with Gasteiger partial charge in [0.15, 0.2) is 0 Å². The molecule has 2 heterocycles. The Morgan fingerprint density at radius 1 is 1.62 bits per heavy atom. The van der Waals surface area contributed by atoms with Gasteiger partial charge in [-0.25, -0.2) is 0 Å². The van der Waals surface area contributed by atoms with Crippen LogP contribution in [0, 0.1) is 0 Å². The fraction of sp³-hybridized carbons (Fsp3) is 0.583. The fourth-order valence-electron chi connectivity index (χ4n) is 2.19. The summed E-state index contributed by atoms with van der Waals surface area (Å²) in [5, 5.41) is 4.17. The highest BCUT2D eigenvalue weighted by Gasteiger charge is 2.21. The van der Waals surface area contributed by atoms with E-state index in [1.807, 2.05) is 12.1 Å². The summed E-state index contributed by atoms with van der Waals surface area (Å²) in [4.78, 5) is 6.81. The lowest BCUT2D eigenvalue weighted by Gasteiger charge is -2.26. The lowest BCUT2D eigenvalue weighted by atomic mass is 10.2. The SMILES string of the molecule is CCN(Cc1cc(Cl)ccn1)C1CCNC1. The first-order chi connectivity index (χ1) is 7.79. The van der Waals surface area contributed by atoms with Crippen LogP contribution in [-0.2, 0) is 6.54 Å². The van der Waals surface area contributed by atoms with Crippen LogP contribution >= 0.6 is 11.6 Å². The van der Waals surface area contributed by atoms with Gasteiger partial charge in [0.25, 0.3) is 0 Å². The van der Waals surface area contributed by atoms with E-state index in [1.54, 1.807) is 6.20 Å². The van der Waals surface area contributed by atoms with Crippen LogP contribution in [0.15, 0.2) is 18.3 Å². The van der Waals surface area contributed by atoms with Crippen LogP contribution in [0.2, 0.25) is 5.02 Å². The van der Waals surface area contributed by atoms with E-state index in [0.717, 1.165) is 36.9 Å². The number of hydrogen-bond donors (Lipinski definition) is 1. The molecular weight excluding hydrogens is 222 g/mol. The molecule has 1 aliphatic heterocycles. The van der Waals surface area contributed by atoms with Crippen LogP contribution in [0.1, 0.15) is 19.0 Å². The summed E-state index contributed by atoms with van der Waals surface area (Å²) in [6.45, 7) is 6.37. The smallest absolute Gasteiger partial charge is 0.0558 e. The second kappa shape index (κ2) is 5.62. The molecule has 88 valence electrons. The van der Waals surface area contributed by atoms with Gasteiger partial charge in [-0.15, -0.1) is 0 Å². The highest BCUT2D eigenvalue weighted by atomic mass is 35.5. The molecule has 0 aromatic carbocycles. The first-order valence-electron chi connectivity index (χ1n) is 5.85. The van der Waals surface area contributed by atoms with E-state index in [9.17, 15) is 0 Å². The van der Waals surface area contributed by atoms with E-state index in [0.29, 0.717) is 6.04 Å². The quantitative estimate of drug-likeness (QED) is 0.870. The molecule has 1 atom stereocenters. The molecule has 0 bridgehead atoms. The molecule has 0 aliphatic carbocycles. The Labute approximate surface area is 102 Å². The van der Waals surface area contributed by atoms with Crippen molar-refractivity contribution in [2.45, 2.75) is 25.9 Å². The number of rotatable bonds is 4. The lowest BCUT2D eigenvalue weighted by Crippen LogP contribution is -2.36. The van der Waals surface area contributed by atoms with Gasteiger partial charge in [-0.3, -0.25) is 9.88 Å². The van der Waals surface area contributed by atoms with E-state index < -0.39 is 0 Å². The molecule has 16 heavy (non-hydrogen) atoms. The minimum atomic E-state index is 0.644. The molecule has 1 unspecified atom stereocenters. The number of nitrogens with zero attached hydrogens (tertiary/aromatic N) is 2. The van der Waals surface area contributed by atoms with Gasteiger partial charge in [0.1, 0.15) is 0 Å². The molecule has 0 radical (unpaired) electrons. The standard InChI is InChI=1S/C12H18ClN3/c1-2-16(12-4-5-14-8-12)9-11-7-10(13)3-6-15-11/h3,6-7,12,14H,2,4-5,8-9H2,1H3. The normalized spacial score (nSPS) is 20.6. The van der Waals surface area contributed by atoms with E-state index in [1.165, 1.54) is 6.42 Å². The summed E-state index contributed by atoms with van der Waals surface area (Å²) in [7, 11) is 0. The maximum absolute atomic E-state index is 5.96. The van der Waals surface area contributed by atoms with Gasteiger partial charge in [0, 0.05) is 30.4 Å². The Kier molecular flexibility index (Phi) is 4.16. The number of aromatic nitrogens is 1. The van der Waals surface area contributed by atoms with E-state index in [-0.39, 0.29) is 0 Å². The number of hydrogen-bond acceptors (Lipinski definition) is 3. The van der Waals surface area contributed by atoms with Gasteiger partial charge < -0.3 is 5.32 Å². The predicted molar refractivity (Wildman–Crippen MR) is 66.6 cm³/mol. The molecule has 0 saturated carbocycles. The second-order valence-corrected chi connectivity index (χ2v) is 4.61. The van der Waals surface area contributed by atoms with Crippen molar-refractivity contribution in [3.63, 3.8) is 0 Å². The first kappa shape index (κ1) is 11.8. The Hall–Kier alpha value is -0.640. The third kappa shape index (κ3) is 2.94. The molecule has 1 aliphatic rings. The summed E-state index contributed by atoms with van der Waals surface area (Å²) in [6, 6.07) is 4.41. The molecule has 1 N–H and O–H groups in total. The zero-order valence-electron chi connectivity index (χ0n) is 9.62. The van der Waals surface area contributed by atoms with Crippen LogP contribution in [-0.4, -0.2) is 35.6 Å². The Bertz CT molecular complexity index is 337. The van der Waals surface area contributed by atoms with E-state index in [4.69, 9.17) is 11.6 Å². The van der Waals surface area contributed by atoms with Crippen molar-refractivity contribution in [2.24, 2.45) is 0 Å². The van der Waals surface area contributed by atoms with E-state index in [2.05, 4.69) is 22.1 Å². The summed E-state index contributed by atoms with van der Waals surface area (Å²) >= 11 is 5.96. The summed E-state index contributed by atoms with van der Waals surface area (Å²) < 4.78 is 0. The minimum Gasteiger partial charge on any atom is -0.315 e. The molecule has 2 rings (SSSR count). The fourth-order valence-corrected chi connectivity index (χ4v) is 2.38. The third-order valence-electron chi connectivity index (χ3n) is 3.10. The molecule has 1 aromatic rings. The van der Waals surface area contributed by atoms with Crippen LogP contribution < -0.4 is 5.32 Å². The van der Waals surface area contributed by atoms with E-state index >= 15 is 0 Å². The Morgan fingerprint density at radius 2 is 2.50 bits per heavy atom. The Balaban J connectivity index is 2.00. The molecule has 3 nitrogen and oxygen atoms in total. The van der Waals surface area contributed by atoms with Crippen LogP contribution in [0.25, 0.3) is 0 Å². The molecule has 0 spiro atoms. The average molecular weight is 240 g/mol. The van der Waals surface area contributed by atoms with Crippen LogP contribution in [0.3, 0.4) is 0 Å².